The molecule has 0 saturated carbocycles. The van der Waals surface area contributed by atoms with Crippen LogP contribution in [0.25, 0.3) is 44.6 Å². The number of hydrogen-bond donors (Lipinski definition) is 0. The molecule has 0 saturated heterocycles. The molecule has 0 radical (unpaired) electrons. The lowest BCUT2D eigenvalue weighted by atomic mass is 9.85. The van der Waals surface area contributed by atoms with E-state index in [0.717, 1.165) is 16.9 Å². The number of nitrogens with zero attached hydrogens (tertiary/aromatic N) is 3. The fourth-order valence-electron chi connectivity index (χ4n) is 5.60. The summed E-state index contributed by atoms with van der Waals surface area (Å²) in [6, 6.07) is 32.5. The predicted molar refractivity (Wildman–Crippen MR) is 135 cm³/mol. The van der Waals surface area contributed by atoms with E-state index in [1.54, 1.807) is 0 Å². The Bertz CT molecular complexity index is 1650. The molecule has 0 atom stereocenters. The maximum Gasteiger partial charge on any atom is 0.137 e. The van der Waals surface area contributed by atoms with Gasteiger partial charge in [-0.2, -0.15) is 0 Å². The molecule has 1 aliphatic carbocycles. The van der Waals surface area contributed by atoms with Crippen LogP contribution in [0.4, 0.5) is 0 Å². The van der Waals surface area contributed by atoms with Gasteiger partial charge in [0, 0.05) is 45.7 Å². The molecule has 33 heavy (non-hydrogen) atoms. The molecule has 7 rings (SSSR count). The number of imidazole rings is 1. The van der Waals surface area contributed by atoms with Gasteiger partial charge in [0.1, 0.15) is 5.65 Å². The molecule has 3 aromatic carbocycles. The van der Waals surface area contributed by atoms with E-state index in [0.29, 0.717) is 0 Å². The molecule has 6 aromatic rings. The standard InChI is InChI=1S/C30H23N3/c1-30(2)24-11-5-3-9-22(24)28-23-10-4-6-12-26(23)33(29(28)30)21-16-14-20(15-17-21)25-19-32-18-8-7-13-27(32)31-25/h3-19H,1-2H3. The van der Waals surface area contributed by atoms with Gasteiger partial charge in [0.15, 0.2) is 0 Å². The van der Waals surface area contributed by atoms with E-state index in [1.165, 1.54) is 39.0 Å². The van der Waals surface area contributed by atoms with Crippen LogP contribution >= 0.6 is 0 Å². The Morgan fingerprint density at radius 1 is 0.758 bits per heavy atom. The summed E-state index contributed by atoms with van der Waals surface area (Å²) in [6.07, 6.45) is 4.13. The highest BCUT2D eigenvalue weighted by Crippen LogP contribution is 2.53. The van der Waals surface area contributed by atoms with Crippen molar-refractivity contribution in [1.82, 2.24) is 14.0 Å². The van der Waals surface area contributed by atoms with Crippen LogP contribution in [0.2, 0.25) is 0 Å². The molecule has 3 heteroatoms. The summed E-state index contributed by atoms with van der Waals surface area (Å²) in [5.74, 6) is 0. The van der Waals surface area contributed by atoms with E-state index in [9.17, 15) is 0 Å². The Morgan fingerprint density at radius 3 is 2.36 bits per heavy atom. The topological polar surface area (TPSA) is 22.2 Å². The largest absolute Gasteiger partial charge is 0.312 e. The Kier molecular flexibility index (Phi) is 3.61. The zero-order chi connectivity index (χ0) is 22.2. The number of rotatable bonds is 2. The lowest BCUT2D eigenvalue weighted by molar-refractivity contribution is 0.624. The molecule has 158 valence electrons. The number of fused-ring (bicyclic) bond motifs is 6. The number of para-hydroxylation sites is 1. The van der Waals surface area contributed by atoms with Crippen LogP contribution in [0, 0.1) is 0 Å². The van der Waals surface area contributed by atoms with Gasteiger partial charge >= 0.3 is 0 Å². The fraction of sp³-hybridized carbons (Fsp3) is 0.100. The second-order valence-electron chi connectivity index (χ2n) is 9.39. The normalized spacial score (nSPS) is 14.0. The quantitative estimate of drug-likeness (QED) is 0.286. The molecule has 0 spiro atoms. The number of benzene rings is 3. The number of hydrogen-bond acceptors (Lipinski definition) is 1. The van der Waals surface area contributed by atoms with E-state index >= 15 is 0 Å². The number of pyridine rings is 1. The van der Waals surface area contributed by atoms with Gasteiger partial charge in [-0.1, -0.05) is 74.5 Å². The van der Waals surface area contributed by atoms with Gasteiger partial charge in [0.05, 0.1) is 11.2 Å². The minimum absolute atomic E-state index is 0.0782. The summed E-state index contributed by atoms with van der Waals surface area (Å²) in [5.41, 5.74) is 10.9. The molecule has 0 aliphatic heterocycles. The van der Waals surface area contributed by atoms with Gasteiger partial charge in [0.2, 0.25) is 0 Å². The molecular weight excluding hydrogens is 402 g/mol. The fourth-order valence-corrected chi connectivity index (χ4v) is 5.60. The van der Waals surface area contributed by atoms with E-state index in [1.807, 2.05) is 24.4 Å². The summed E-state index contributed by atoms with van der Waals surface area (Å²) in [6.45, 7) is 4.69. The first kappa shape index (κ1) is 18.5. The van der Waals surface area contributed by atoms with Crippen LogP contribution in [-0.4, -0.2) is 14.0 Å². The molecule has 3 nitrogen and oxygen atoms in total. The van der Waals surface area contributed by atoms with E-state index in [2.05, 4.69) is 102 Å². The van der Waals surface area contributed by atoms with Crippen LogP contribution in [0.3, 0.4) is 0 Å². The van der Waals surface area contributed by atoms with Gasteiger partial charge in [0.25, 0.3) is 0 Å². The van der Waals surface area contributed by atoms with Gasteiger partial charge < -0.3 is 8.97 Å². The zero-order valence-corrected chi connectivity index (χ0v) is 18.7. The first-order valence-corrected chi connectivity index (χ1v) is 11.4. The van der Waals surface area contributed by atoms with Crippen LogP contribution in [0.1, 0.15) is 25.1 Å². The Labute approximate surface area is 192 Å². The maximum absolute atomic E-state index is 4.79. The lowest BCUT2D eigenvalue weighted by Crippen LogP contribution is -2.19. The predicted octanol–water partition coefficient (Wildman–Crippen LogP) is 7.25. The Hall–Kier alpha value is -4.11. The Morgan fingerprint density at radius 2 is 1.52 bits per heavy atom. The van der Waals surface area contributed by atoms with Crippen molar-refractivity contribution >= 4 is 16.6 Å². The minimum atomic E-state index is -0.0782. The molecule has 0 unspecified atom stereocenters. The van der Waals surface area contributed by atoms with Gasteiger partial charge in [-0.15, -0.1) is 0 Å². The summed E-state index contributed by atoms with van der Waals surface area (Å²) in [4.78, 5) is 4.79. The highest BCUT2D eigenvalue weighted by Gasteiger charge is 2.40. The molecule has 0 amide bonds. The number of aromatic nitrogens is 3. The van der Waals surface area contributed by atoms with Crippen molar-refractivity contribution in [3.63, 3.8) is 0 Å². The van der Waals surface area contributed by atoms with Crippen molar-refractivity contribution in [2.75, 3.05) is 0 Å². The molecule has 0 N–H and O–H groups in total. The molecule has 1 aliphatic rings. The molecular formula is C30H23N3. The highest BCUT2D eigenvalue weighted by molar-refractivity contribution is 6.03. The third-order valence-corrected chi connectivity index (χ3v) is 7.12. The lowest BCUT2D eigenvalue weighted by Gasteiger charge is -2.24. The summed E-state index contributed by atoms with van der Waals surface area (Å²) in [5, 5.41) is 1.31. The van der Waals surface area contributed by atoms with Crippen molar-refractivity contribution in [3.05, 3.63) is 115 Å². The van der Waals surface area contributed by atoms with E-state index < -0.39 is 0 Å². The maximum atomic E-state index is 4.79. The van der Waals surface area contributed by atoms with Crippen LogP contribution < -0.4 is 0 Å². The molecule has 3 heterocycles. The van der Waals surface area contributed by atoms with Crippen LogP contribution in [0.15, 0.2) is 103 Å². The summed E-state index contributed by atoms with van der Waals surface area (Å²) < 4.78 is 4.52. The first-order valence-electron chi connectivity index (χ1n) is 11.4. The van der Waals surface area contributed by atoms with Crippen molar-refractivity contribution in [3.8, 4) is 28.1 Å². The third kappa shape index (κ3) is 2.48. The summed E-state index contributed by atoms with van der Waals surface area (Å²) in [7, 11) is 0. The van der Waals surface area contributed by atoms with Gasteiger partial charge in [-0.3, -0.25) is 0 Å². The van der Waals surface area contributed by atoms with Crippen molar-refractivity contribution < 1.29 is 0 Å². The van der Waals surface area contributed by atoms with Gasteiger partial charge in [-0.25, -0.2) is 4.98 Å². The second kappa shape index (κ2) is 6.46. The van der Waals surface area contributed by atoms with Crippen molar-refractivity contribution in [2.24, 2.45) is 0 Å². The SMILES string of the molecule is CC1(C)c2ccccc2-c2c1n(-c1ccc(-c3cn4ccccc4n3)cc1)c1ccccc21. The van der Waals surface area contributed by atoms with Crippen LogP contribution in [0.5, 0.6) is 0 Å². The highest BCUT2D eigenvalue weighted by atomic mass is 15.0. The van der Waals surface area contributed by atoms with Crippen molar-refractivity contribution in [1.29, 1.82) is 0 Å². The monoisotopic (exact) mass is 425 g/mol. The van der Waals surface area contributed by atoms with E-state index in [4.69, 9.17) is 4.98 Å². The average molecular weight is 426 g/mol. The zero-order valence-electron chi connectivity index (χ0n) is 18.7. The minimum Gasteiger partial charge on any atom is -0.312 e. The second-order valence-corrected chi connectivity index (χ2v) is 9.39. The molecule has 3 aromatic heterocycles. The van der Waals surface area contributed by atoms with Gasteiger partial charge in [-0.05, 0) is 41.5 Å². The third-order valence-electron chi connectivity index (χ3n) is 7.12. The van der Waals surface area contributed by atoms with Crippen LogP contribution in [-0.2, 0) is 5.41 Å². The molecule has 0 fully saturated rings. The first-order chi connectivity index (χ1) is 16.1. The summed E-state index contributed by atoms with van der Waals surface area (Å²) >= 11 is 0. The van der Waals surface area contributed by atoms with E-state index in [-0.39, 0.29) is 5.41 Å². The van der Waals surface area contributed by atoms with Crippen molar-refractivity contribution in [2.45, 2.75) is 19.3 Å². The molecule has 0 bridgehead atoms. The Balaban J connectivity index is 1.44. The average Bonchev–Trinajstić information content (AvgIpc) is 3.50. The smallest absolute Gasteiger partial charge is 0.137 e.